The van der Waals surface area contributed by atoms with Crippen molar-refractivity contribution in [3.05, 3.63) is 71.8 Å². The molecule has 2 atom stereocenters. The van der Waals surface area contributed by atoms with Gasteiger partial charge in [0.2, 0.25) is 11.8 Å². The number of carbonyl (C=O) groups is 3. The molecule has 7 nitrogen and oxygen atoms in total. The van der Waals surface area contributed by atoms with Crippen molar-refractivity contribution in [1.29, 1.82) is 0 Å². The van der Waals surface area contributed by atoms with E-state index >= 15 is 0 Å². The van der Waals surface area contributed by atoms with E-state index < -0.39 is 24.0 Å². The molecule has 3 N–H and O–H groups in total. The predicted octanol–water partition coefficient (Wildman–Crippen LogP) is 1.52. The van der Waals surface area contributed by atoms with Gasteiger partial charge >= 0.3 is 5.97 Å². The summed E-state index contributed by atoms with van der Waals surface area (Å²) < 4.78 is 5.44. The van der Waals surface area contributed by atoms with Gasteiger partial charge in [0.25, 0.3) is 0 Å². The van der Waals surface area contributed by atoms with Crippen LogP contribution in [0.1, 0.15) is 18.1 Å². The molecule has 148 valence electrons. The lowest BCUT2D eigenvalue weighted by atomic mass is 10.0. The Morgan fingerprint density at radius 3 is 2.00 bits per heavy atom. The Bertz CT molecular complexity index is 780. The maximum atomic E-state index is 12.6. The Labute approximate surface area is 163 Å². The second-order valence-corrected chi connectivity index (χ2v) is 6.34. The minimum Gasteiger partial charge on any atom is -0.480 e. The highest BCUT2D eigenvalue weighted by atomic mass is 16.5. The number of hydrogen-bond donors (Lipinski definition) is 3. The van der Waals surface area contributed by atoms with Crippen LogP contribution < -0.4 is 10.6 Å². The number of hydrogen-bond acceptors (Lipinski definition) is 4. The van der Waals surface area contributed by atoms with Gasteiger partial charge in [0, 0.05) is 13.3 Å². The zero-order chi connectivity index (χ0) is 20.4. The van der Waals surface area contributed by atoms with Gasteiger partial charge in [-0.2, -0.15) is 0 Å². The van der Waals surface area contributed by atoms with Gasteiger partial charge in [0.15, 0.2) is 6.04 Å². The molecule has 0 aliphatic rings. The van der Waals surface area contributed by atoms with Crippen molar-refractivity contribution in [3.63, 3.8) is 0 Å². The third-order valence-corrected chi connectivity index (χ3v) is 3.99. The van der Waals surface area contributed by atoms with Gasteiger partial charge in [-0.1, -0.05) is 60.7 Å². The Kier molecular flexibility index (Phi) is 8.17. The molecule has 0 saturated heterocycles. The number of aliphatic carboxylic acids is 1. The molecule has 0 heterocycles. The summed E-state index contributed by atoms with van der Waals surface area (Å²) in [4.78, 5) is 35.6. The van der Waals surface area contributed by atoms with Gasteiger partial charge in [-0.25, -0.2) is 4.79 Å². The molecule has 2 aromatic carbocycles. The molecule has 0 aliphatic carbocycles. The smallest absolute Gasteiger partial charge is 0.328 e. The van der Waals surface area contributed by atoms with Crippen molar-refractivity contribution in [3.8, 4) is 0 Å². The first-order valence-electron chi connectivity index (χ1n) is 8.91. The van der Waals surface area contributed by atoms with Crippen LogP contribution in [0.15, 0.2) is 60.7 Å². The molecular formula is C21H24N2O5. The van der Waals surface area contributed by atoms with Crippen molar-refractivity contribution in [1.82, 2.24) is 10.6 Å². The topological polar surface area (TPSA) is 105 Å². The minimum atomic E-state index is -1.22. The molecule has 0 aromatic heterocycles. The van der Waals surface area contributed by atoms with E-state index in [1.165, 1.54) is 6.92 Å². The van der Waals surface area contributed by atoms with Crippen molar-refractivity contribution in [2.75, 3.05) is 6.61 Å². The second kappa shape index (κ2) is 10.8. The lowest BCUT2D eigenvalue weighted by molar-refractivity contribution is -0.144. The SMILES string of the molecule is CC(=O)NC(Cc1ccccc1)C(=O)N[C@@H](COCc1ccccc1)C(=O)O. The summed E-state index contributed by atoms with van der Waals surface area (Å²) in [5.74, 6) is -2.15. The maximum absolute atomic E-state index is 12.6. The van der Waals surface area contributed by atoms with Crippen LogP contribution in [0.2, 0.25) is 0 Å². The van der Waals surface area contributed by atoms with Gasteiger partial charge in [-0.15, -0.1) is 0 Å². The van der Waals surface area contributed by atoms with Crippen LogP contribution in [0, 0.1) is 0 Å². The summed E-state index contributed by atoms with van der Waals surface area (Å²) in [6.45, 7) is 1.36. The highest BCUT2D eigenvalue weighted by Gasteiger charge is 2.26. The quantitative estimate of drug-likeness (QED) is 0.576. The van der Waals surface area contributed by atoms with Gasteiger partial charge in [-0.3, -0.25) is 9.59 Å². The normalized spacial score (nSPS) is 12.6. The monoisotopic (exact) mass is 384 g/mol. The first-order chi connectivity index (χ1) is 13.5. The summed E-state index contributed by atoms with van der Waals surface area (Å²) in [6, 6.07) is 16.4. The lowest BCUT2D eigenvalue weighted by Gasteiger charge is -2.21. The van der Waals surface area contributed by atoms with Crippen molar-refractivity contribution >= 4 is 17.8 Å². The third kappa shape index (κ3) is 7.20. The second-order valence-electron chi connectivity index (χ2n) is 6.34. The Balaban J connectivity index is 1.96. The van der Waals surface area contributed by atoms with E-state index in [2.05, 4.69) is 10.6 Å². The number of carbonyl (C=O) groups excluding carboxylic acids is 2. The fourth-order valence-electron chi connectivity index (χ4n) is 2.62. The number of carboxylic acid groups (broad SMARTS) is 1. The summed E-state index contributed by atoms with van der Waals surface area (Å²) >= 11 is 0. The number of carboxylic acids is 1. The molecular weight excluding hydrogens is 360 g/mol. The van der Waals surface area contributed by atoms with Gasteiger partial charge in [0.1, 0.15) is 6.04 Å². The van der Waals surface area contributed by atoms with Crippen molar-refractivity contribution in [2.45, 2.75) is 32.0 Å². The molecule has 0 spiro atoms. The van der Waals surface area contributed by atoms with E-state index in [0.29, 0.717) is 0 Å². The molecule has 0 bridgehead atoms. The highest BCUT2D eigenvalue weighted by molar-refractivity contribution is 5.90. The van der Waals surface area contributed by atoms with Crippen molar-refractivity contribution in [2.24, 2.45) is 0 Å². The molecule has 2 rings (SSSR count). The Morgan fingerprint density at radius 2 is 1.46 bits per heavy atom. The number of rotatable bonds is 10. The van der Waals surface area contributed by atoms with E-state index in [-0.39, 0.29) is 25.5 Å². The van der Waals surface area contributed by atoms with Crippen LogP contribution in [0.5, 0.6) is 0 Å². The van der Waals surface area contributed by atoms with E-state index in [1.54, 1.807) is 0 Å². The number of amides is 2. The molecule has 2 aromatic rings. The molecule has 2 amide bonds. The molecule has 1 unspecified atom stereocenters. The molecule has 28 heavy (non-hydrogen) atoms. The van der Waals surface area contributed by atoms with Crippen LogP contribution in [0.25, 0.3) is 0 Å². The fraction of sp³-hybridized carbons (Fsp3) is 0.286. The molecule has 0 saturated carbocycles. The molecule has 0 aliphatic heterocycles. The highest BCUT2D eigenvalue weighted by Crippen LogP contribution is 2.05. The Hall–Kier alpha value is -3.19. The standard InChI is InChI=1S/C21H24N2O5/c1-15(24)22-18(12-16-8-4-2-5-9-16)20(25)23-19(21(26)27)14-28-13-17-10-6-3-7-11-17/h2-11,18-19H,12-14H2,1H3,(H,22,24)(H,23,25)(H,26,27)/t18?,19-/m0/s1. The molecule has 7 heteroatoms. The number of nitrogens with one attached hydrogen (secondary N) is 2. The van der Waals surface area contributed by atoms with Crippen molar-refractivity contribution < 1.29 is 24.2 Å². The fourth-order valence-corrected chi connectivity index (χ4v) is 2.62. The van der Waals surface area contributed by atoms with Gasteiger partial charge < -0.3 is 20.5 Å². The zero-order valence-electron chi connectivity index (χ0n) is 15.6. The molecule has 0 fully saturated rings. The van der Waals surface area contributed by atoms with Crippen LogP contribution >= 0.6 is 0 Å². The summed E-state index contributed by atoms with van der Waals surface area (Å²) in [5.41, 5.74) is 1.75. The summed E-state index contributed by atoms with van der Waals surface area (Å²) in [7, 11) is 0. The summed E-state index contributed by atoms with van der Waals surface area (Å²) in [5, 5.41) is 14.4. The van der Waals surface area contributed by atoms with E-state index in [9.17, 15) is 19.5 Å². The van der Waals surface area contributed by atoms with E-state index in [0.717, 1.165) is 11.1 Å². The largest absolute Gasteiger partial charge is 0.480 e. The molecule has 0 radical (unpaired) electrons. The van der Waals surface area contributed by atoms with Crippen LogP contribution in [0.4, 0.5) is 0 Å². The Morgan fingerprint density at radius 1 is 0.893 bits per heavy atom. The number of benzene rings is 2. The van der Waals surface area contributed by atoms with Crippen LogP contribution in [-0.4, -0.2) is 41.6 Å². The zero-order valence-corrected chi connectivity index (χ0v) is 15.6. The average molecular weight is 384 g/mol. The van der Waals surface area contributed by atoms with Gasteiger partial charge in [0.05, 0.1) is 13.2 Å². The first-order valence-corrected chi connectivity index (χ1v) is 8.91. The number of ether oxygens (including phenoxy) is 1. The van der Waals surface area contributed by atoms with E-state index in [1.807, 2.05) is 60.7 Å². The third-order valence-electron chi connectivity index (χ3n) is 3.99. The van der Waals surface area contributed by atoms with E-state index in [4.69, 9.17) is 4.74 Å². The maximum Gasteiger partial charge on any atom is 0.328 e. The van der Waals surface area contributed by atoms with Crippen LogP contribution in [-0.2, 0) is 32.1 Å². The van der Waals surface area contributed by atoms with Gasteiger partial charge in [-0.05, 0) is 11.1 Å². The lowest BCUT2D eigenvalue weighted by Crippen LogP contribution is -2.53. The predicted molar refractivity (Wildman–Crippen MR) is 103 cm³/mol. The minimum absolute atomic E-state index is 0.186. The average Bonchev–Trinajstić information content (AvgIpc) is 2.67. The first kappa shape index (κ1) is 21.1. The summed E-state index contributed by atoms with van der Waals surface area (Å²) in [6.07, 6.45) is 0.253. The van der Waals surface area contributed by atoms with Crippen LogP contribution in [0.3, 0.4) is 0 Å².